The Morgan fingerprint density at radius 2 is 2.07 bits per heavy atom. The summed E-state index contributed by atoms with van der Waals surface area (Å²) >= 11 is 7.44. The summed E-state index contributed by atoms with van der Waals surface area (Å²) in [5.41, 5.74) is 0.601. The molecule has 0 radical (unpaired) electrons. The van der Waals surface area contributed by atoms with Crippen molar-refractivity contribution in [3.63, 3.8) is 0 Å². The van der Waals surface area contributed by atoms with Crippen molar-refractivity contribution in [1.82, 2.24) is 14.8 Å². The second-order valence-corrected chi connectivity index (χ2v) is 7.36. The fourth-order valence-electron chi connectivity index (χ4n) is 2.73. The van der Waals surface area contributed by atoms with Gasteiger partial charge in [-0.3, -0.25) is 14.9 Å². The van der Waals surface area contributed by atoms with Gasteiger partial charge in [-0.2, -0.15) is 0 Å². The molecule has 3 rings (SSSR count). The lowest BCUT2D eigenvalue weighted by Crippen LogP contribution is -2.15. The Kier molecular flexibility index (Phi) is 6.91. The third-order valence-electron chi connectivity index (χ3n) is 4.16. The number of aromatic nitrogens is 3. The molecule has 1 N–H and O–H groups in total. The van der Waals surface area contributed by atoms with Gasteiger partial charge in [0.2, 0.25) is 5.91 Å². The molecular weight excluding hydrogens is 430 g/mol. The predicted molar refractivity (Wildman–Crippen MR) is 115 cm³/mol. The van der Waals surface area contributed by atoms with Crippen LogP contribution in [0.1, 0.15) is 6.92 Å². The summed E-state index contributed by atoms with van der Waals surface area (Å²) in [6, 6.07) is 11.5. The first-order chi connectivity index (χ1) is 14.4. The molecule has 0 bridgehead atoms. The van der Waals surface area contributed by atoms with E-state index in [9.17, 15) is 14.9 Å². The summed E-state index contributed by atoms with van der Waals surface area (Å²) in [6.07, 6.45) is 0. The number of carbonyl (C=O) groups is 1. The predicted octanol–water partition coefficient (Wildman–Crippen LogP) is 4.27. The van der Waals surface area contributed by atoms with Gasteiger partial charge in [-0.05, 0) is 31.2 Å². The SMILES string of the molecule is CCn1c(SCC(=O)Nc2ccc(OC)cc2[N+](=O)[O-])nnc1-c1ccccc1Cl. The van der Waals surface area contributed by atoms with Crippen LogP contribution in [0.25, 0.3) is 11.4 Å². The first-order valence-electron chi connectivity index (χ1n) is 8.87. The first-order valence-corrected chi connectivity index (χ1v) is 10.2. The van der Waals surface area contributed by atoms with Crippen LogP contribution < -0.4 is 10.1 Å². The molecule has 9 nitrogen and oxygen atoms in total. The van der Waals surface area contributed by atoms with Crippen molar-refractivity contribution in [1.29, 1.82) is 0 Å². The number of thioether (sulfide) groups is 1. The lowest BCUT2D eigenvalue weighted by atomic mass is 10.2. The molecule has 0 aliphatic carbocycles. The monoisotopic (exact) mass is 447 g/mol. The summed E-state index contributed by atoms with van der Waals surface area (Å²) in [7, 11) is 1.41. The second-order valence-electron chi connectivity index (χ2n) is 6.01. The summed E-state index contributed by atoms with van der Waals surface area (Å²) in [6.45, 7) is 2.52. The molecule has 30 heavy (non-hydrogen) atoms. The molecule has 156 valence electrons. The Balaban J connectivity index is 1.73. The van der Waals surface area contributed by atoms with Crippen LogP contribution in [-0.2, 0) is 11.3 Å². The fraction of sp³-hybridized carbons (Fsp3) is 0.211. The van der Waals surface area contributed by atoms with Crippen LogP contribution in [0.3, 0.4) is 0 Å². The number of rotatable bonds is 8. The topological polar surface area (TPSA) is 112 Å². The van der Waals surface area contributed by atoms with Gasteiger partial charge >= 0.3 is 0 Å². The summed E-state index contributed by atoms with van der Waals surface area (Å²) in [5, 5.41) is 23.3. The lowest BCUT2D eigenvalue weighted by Gasteiger charge is -2.09. The number of amides is 1. The number of nitrogens with one attached hydrogen (secondary N) is 1. The zero-order valence-corrected chi connectivity index (χ0v) is 17.7. The molecule has 0 unspecified atom stereocenters. The van der Waals surface area contributed by atoms with Crippen LogP contribution in [0, 0.1) is 10.1 Å². The van der Waals surface area contributed by atoms with E-state index in [0.717, 1.165) is 5.56 Å². The highest BCUT2D eigenvalue weighted by Gasteiger charge is 2.19. The molecule has 0 atom stereocenters. The maximum absolute atomic E-state index is 12.4. The maximum atomic E-state index is 12.4. The Morgan fingerprint density at radius 1 is 1.30 bits per heavy atom. The van der Waals surface area contributed by atoms with Crippen LogP contribution in [0.4, 0.5) is 11.4 Å². The van der Waals surface area contributed by atoms with Crippen molar-refractivity contribution in [3.05, 3.63) is 57.6 Å². The van der Waals surface area contributed by atoms with Gasteiger partial charge in [0, 0.05) is 12.1 Å². The summed E-state index contributed by atoms with van der Waals surface area (Å²) in [4.78, 5) is 23.1. The van der Waals surface area contributed by atoms with Gasteiger partial charge in [-0.15, -0.1) is 10.2 Å². The van der Waals surface area contributed by atoms with Gasteiger partial charge in [0.05, 0.1) is 28.9 Å². The number of nitro groups is 1. The minimum Gasteiger partial charge on any atom is -0.496 e. The summed E-state index contributed by atoms with van der Waals surface area (Å²) < 4.78 is 6.85. The highest BCUT2D eigenvalue weighted by Crippen LogP contribution is 2.31. The standard InChI is InChI=1S/C19H18ClN5O4S/c1-3-24-18(13-6-4-5-7-14(13)20)22-23-19(24)30-11-17(26)21-15-9-8-12(29-2)10-16(15)25(27)28/h4-10H,3,11H2,1-2H3,(H,21,26). The van der Waals surface area contributed by atoms with E-state index in [1.165, 1.54) is 31.0 Å². The zero-order valence-electron chi connectivity index (χ0n) is 16.2. The number of nitro benzene ring substituents is 1. The van der Waals surface area contributed by atoms with E-state index < -0.39 is 10.8 Å². The van der Waals surface area contributed by atoms with Crippen molar-refractivity contribution >= 4 is 40.6 Å². The molecule has 1 heterocycles. The number of hydrogen-bond acceptors (Lipinski definition) is 7. The van der Waals surface area contributed by atoms with Crippen LogP contribution in [0.5, 0.6) is 5.75 Å². The quantitative estimate of drug-likeness (QED) is 0.311. The fourth-order valence-corrected chi connectivity index (χ4v) is 3.76. The third-order valence-corrected chi connectivity index (χ3v) is 5.45. The minimum absolute atomic E-state index is 0.00381. The van der Waals surface area contributed by atoms with Crippen molar-refractivity contribution in [2.75, 3.05) is 18.2 Å². The molecule has 0 aliphatic rings. The molecule has 1 aromatic heterocycles. The average Bonchev–Trinajstić information content (AvgIpc) is 3.15. The third kappa shape index (κ3) is 4.71. The van der Waals surface area contributed by atoms with Gasteiger partial charge in [-0.1, -0.05) is 35.5 Å². The number of methoxy groups -OCH3 is 1. The van der Waals surface area contributed by atoms with E-state index in [1.54, 1.807) is 12.1 Å². The molecule has 0 fully saturated rings. The zero-order chi connectivity index (χ0) is 21.7. The molecule has 2 aromatic carbocycles. The normalized spacial score (nSPS) is 10.6. The van der Waals surface area contributed by atoms with Crippen molar-refractivity contribution < 1.29 is 14.5 Å². The Hall–Kier alpha value is -3.11. The Morgan fingerprint density at radius 3 is 2.73 bits per heavy atom. The van der Waals surface area contributed by atoms with Crippen LogP contribution >= 0.6 is 23.4 Å². The number of anilines is 1. The van der Waals surface area contributed by atoms with E-state index in [0.29, 0.717) is 28.3 Å². The number of halogens is 1. The highest BCUT2D eigenvalue weighted by molar-refractivity contribution is 7.99. The van der Waals surface area contributed by atoms with Crippen LogP contribution in [0.15, 0.2) is 47.6 Å². The molecule has 1 amide bonds. The second kappa shape index (κ2) is 9.59. The minimum atomic E-state index is -0.575. The Bertz CT molecular complexity index is 1090. The molecule has 11 heteroatoms. The van der Waals surface area contributed by atoms with E-state index in [4.69, 9.17) is 16.3 Å². The van der Waals surface area contributed by atoms with Crippen molar-refractivity contribution in [2.45, 2.75) is 18.6 Å². The molecular formula is C19H18ClN5O4S. The number of ether oxygens (including phenoxy) is 1. The number of benzene rings is 2. The average molecular weight is 448 g/mol. The number of carbonyl (C=O) groups excluding carboxylic acids is 1. The Labute approximate surface area is 181 Å². The molecule has 0 saturated heterocycles. The summed E-state index contributed by atoms with van der Waals surface area (Å²) in [5.74, 6) is 0.538. The van der Waals surface area contributed by atoms with E-state index in [1.807, 2.05) is 29.7 Å². The molecule has 0 aliphatic heterocycles. The smallest absolute Gasteiger partial charge is 0.296 e. The number of nitrogens with zero attached hydrogens (tertiary/aromatic N) is 4. The lowest BCUT2D eigenvalue weighted by molar-refractivity contribution is -0.384. The van der Waals surface area contributed by atoms with Gasteiger partial charge in [0.25, 0.3) is 5.69 Å². The maximum Gasteiger partial charge on any atom is 0.296 e. The van der Waals surface area contributed by atoms with E-state index in [2.05, 4.69) is 15.5 Å². The largest absolute Gasteiger partial charge is 0.496 e. The van der Waals surface area contributed by atoms with Crippen LogP contribution in [-0.4, -0.2) is 38.5 Å². The van der Waals surface area contributed by atoms with Crippen molar-refractivity contribution in [2.24, 2.45) is 0 Å². The molecule has 0 saturated carbocycles. The van der Waals surface area contributed by atoms with Gasteiger partial charge < -0.3 is 14.6 Å². The van der Waals surface area contributed by atoms with E-state index >= 15 is 0 Å². The van der Waals surface area contributed by atoms with Crippen LogP contribution in [0.2, 0.25) is 5.02 Å². The van der Waals surface area contributed by atoms with Gasteiger partial charge in [0.1, 0.15) is 11.4 Å². The molecule has 3 aromatic rings. The van der Waals surface area contributed by atoms with Gasteiger partial charge in [0.15, 0.2) is 11.0 Å². The highest BCUT2D eigenvalue weighted by atomic mass is 35.5. The number of hydrogen-bond donors (Lipinski definition) is 1. The van der Waals surface area contributed by atoms with Crippen molar-refractivity contribution in [3.8, 4) is 17.1 Å². The van der Waals surface area contributed by atoms with Gasteiger partial charge in [-0.25, -0.2) is 0 Å². The van der Waals surface area contributed by atoms with E-state index in [-0.39, 0.29) is 17.1 Å². The molecule has 0 spiro atoms. The first kappa shape index (κ1) is 21.6.